The predicted octanol–water partition coefficient (Wildman–Crippen LogP) is 4.67. The highest BCUT2D eigenvalue weighted by atomic mass is 15.0. The van der Waals surface area contributed by atoms with Gasteiger partial charge in [-0.3, -0.25) is 0 Å². The van der Waals surface area contributed by atoms with Crippen LogP contribution in [0.15, 0.2) is 54.7 Å². The molecule has 0 unspecified atom stereocenters. The van der Waals surface area contributed by atoms with Crippen molar-refractivity contribution < 1.29 is 0 Å². The van der Waals surface area contributed by atoms with Crippen LogP contribution in [0.5, 0.6) is 0 Å². The van der Waals surface area contributed by atoms with Crippen molar-refractivity contribution in [3.05, 3.63) is 66.0 Å². The van der Waals surface area contributed by atoms with Gasteiger partial charge in [0.15, 0.2) is 0 Å². The van der Waals surface area contributed by atoms with Gasteiger partial charge in [-0.05, 0) is 35.6 Å². The lowest BCUT2D eigenvalue weighted by atomic mass is 9.90. The van der Waals surface area contributed by atoms with Crippen molar-refractivity contribution in [3.8, 4) is 0 Å². The van der Waals surface area contributed by atoms with E-state index in [4.69, 9.17) is 0 Å². The lowest BCUT2D eigenvalue weighted by Gasteiger charge is -2.20. The molecule has 21 heavy (non-hydrogen) atoms. The average molecular weight is 278 g/mol. The molecule has 3 aromatic rings. The Balaban J connectivity index is 2.07. The second-order valence-corrected chi connectivity index (χ2v) is 6.86. The van der Waals surface area contributed by atoms with Gasteiger partial charge in [0.1, 0.15) is 5.65 Å². The van der Waals surface area contributed by atoms with Gasteiger partial charge in [-0.15, -0.1) is 0 Å². The Bertz CT molecular complexity index is 733. The molecule has 0 aliphatic rings. The van der Waals surface area contributed by atoms with Gasteiger partial charge in [-0.25, -0.2) is 4.98 Å². The van der Waals surface area contributed by atoms with Crippen molar-refractivity contribution in [1.29, 1.82) is 0 Å². The number of hydrogen-bond acceptors (Lipinski definition) is 1. The third-order valence-corrected chi connectivity index (χ3v) is 3.64. The normalized spacial score (nSPS) is 12.0. The fourth-order valence-electron chi connectivity index (χ4n) is 2.77. The van der Waals surface area contributed by atoms with Crippen LogP contribution in [0, 0.1) is 5.41 Å². The van der Waals surface area contributed by atoms with Crippen molar-refractivity contribution >= 4 is 11.0 Å². The predicted molar refractivity (Wildman–Crippen MR) is 88.4 cm³/mol. The molecule has 2 nitrogen and oxygen atoms in total. The SMILES string of the molecule is CC(C)(C)Cc1cc2cccnc2n1Cc1ccccc1. The van der Waals surface area contributed by atoms with Crippen LogP contribution in [0.4, 0.5) is 0 Å². The molecule has 3 rings (SSSR count). The topological polar surface area (TPSA) is 17.8 Å². The Hall–Kier alpha value is -2.09. The highest BCUT2D eigenvalue weighted by Crippen LogP contribution is 2.26. The minimum Gasteiger partial charge on any atom is -0.325 e. The lowest BCUT2D eigenvalue weighted by Crippen LogP contribution is -2.14. The van der Waals surface area contributed by atoms with E-state index in [1.807, 2.05) is 12.3 Å². The highest BCUT2D eigenvalue weighted by molar-refractivity contribution is 5.77. The van der Waals surface area contributed by atoms with E-state index in [1.54, 1.807) is 0 Å². The van der Waals surface area contributed by atoms with E-state index in [9.17, 15) is 0 Å². The van der Waals surface area contributed by atoms with Crippen molar-refractivity contribution in [2.45, 2.75) is 33.7 Å². The van der Waals surface area contributed by atoms with Gasteiger partial charge in [0.25, 0.3) is 0 Å². The maximum absolute atomic E-state index is 4.59. The number of rotatable bonds is 3. The maximum atomic E-state index is 4.59. The van der Waals surface area contributed by atoms with Crippen molar-refractivity contribution in [2.24, 2.45) is 5.41 Å². The molecular weight excluding hydrogens is 256 g/mol. The van der Waals surface area contributed by atoms with E-state index in [2.05, 4.69) is 72.8 Å². The Kier molecular flexibility index (Phi) is 3.54. The van der Waals surface area contributed by atoms with Gasteiger partial charge in [0.2, 0.25) is 0 Å². The third kappa shape index (κ3) is 3.15. The summed E-state index contributed by atoms with van der Waals surface area (Å²) in [5, 5.41) is 1.23. The summed E-state index contributed by atoms with van der Waals surface area (Å²) < 4.78 is 2.36. The fourth-order valence-corrected chi connectivity index (χ4v) is 2.77. The number of benzene rings is 1. The van der Waals surface area contributed by atoms with E-state index in [0.717, 1.165) is 18.6 Å². The first kappa shape index (κ1) is 13.9. The molecule has 0 saturated carbocycles. The second-order valence-electron chi connectivity index (χ2n) is 6.86. The molecular formula is C19H22N2. The summed E-state index contributed by atoms with van der Waals surface area (Å²) >= 11 is 0. The Morgan fingerprint density at radius 1 is 1.00 bits per heavy atom. The molecule has 2 heteroatoms. The molecule has 0 saturated heterocycles. The molecule has 0 amide bonds. The summed E-state index contributed by atoms with van der Waals surface area (Å²) in [6, 6.07) is 17.1. The van der Waals surface area contributed by atoms with Gasteiger partial charge < -0.3 is 4.57 Å². The summed E-state index contributed by atoms with van der Waals surface area (Å²) in [6.45, 7) is 7.73. The summed E-state index contributed by atoms with van der Waals surface area (Å²) in [6.07, 6.45) is 2.93. The first-order valence-corrected chi connectivity index (χ1v) is 7.50. The van der Waals surface area contributed by atoms with Crippen LogP contribution in [-0.4, -0.2) is 9.55 Å². The Labute approximate surface area is 126 Å². The zero-order chi connectivity index (χ0) is 14.9. The molecule has 0 N–H and O–H groups in total. The standard InChI is InChI=1S/C19H22N2/c1-19(2,3)13-17-12-16-10-7-11-20-18(16)21(17)14-15-8-5-4-6-9-15/h4-12H,13-14H2,1-3H3. The minimum atomic E-state index is 0.267. The molecule has 0 aliphatic heterocycles. The molecule has 0 bridgehead atoms. The summed E-state index contributed by atoms with van der Waals surface area (Å²) in [5.74, 6) is 0. The van der Waals surface area contributed by atoms with Crippen LogP contribution in [0.2, 0.25) is 0 Å². The Morgan fingerprint density at radius 2 is 1.76 bits per heavy atom. The van der Waals surface area contributed by atoms with Gasteiger partial charge in [-0.1, -0.05) is 51.1 Å². The molecule has 0 radical (unpaired) electrons. The highest BCUT2D eigenvalue weighted by Gasteiger charge is 2.17. The number of hydrogen-bond donors (Lipinski definition) is 0. The van der Waals surface area contributed by atoms with E-state index >= 15 is 0 Å². The smallest absolute Gasteiger partial charge is 0.140 e. The van der Waals surface area contributed by atoms with Crippen LogP contribution in [0.25, 0.3) is 11.0 Å². The van der Waals surface area contributed by atoms with E-state index in [1.165, 1.54) is 16.6 Å². The van der Waals surface area contributed by atoms with Crippen molar-refractivity contribution in [3.63, 3.8) is 0 Å². The summed E-state index contributed by atoms with van der Waals surface area (Å²) in [5.41, 5.74) is 4.03. The van der Waals surface area contributed by atoms with Crippen LogP contribution < -0.4 is 0 Å². The first-order valence-electron chi connectivity index (χ1n) is 7.50. The average Bonchev–Trinajstić information content (AvgIpc) is 2.76. The molecule has 0 spiro atoms. The molecule has 108 valence electrons. The summed E-state index contributed by atoms with van der Waals surface area (Å²) in [7, 11) is 0. The van der Waals surface area contributed by atoms with Crippen LogP contribution >= 0.6 is 0 Å². The molecule has 0 atom stereocenters. The first-order chi connectivity index (χ1) is 10.0. The molecule has 2 heterocycles. The van der Waals surface area contributed by atoms with E-state index in [0.29, 0.717) is 0 Å². The quantitative estimate of drug-likeness (QED) is 0.680. The minimum absolute atomic E-state index is 0.267. The van der Waals surface area contributed by atoms with Crippen LogP contribution in [0.3, 0.4) is 0 Å². The number of fused-ring (bicyclic) bond motifs is 1. The molecule has 0 fully saturated rings. The van der Waals surface area contributed by atoms with E-state index < -0.39 is 0 Å². The van der Waals surface area contributed by atoms with Gasteiger partial charge in [0, 0.05) is 23.8 Å². The largest absolute Gasteiger partial charge is 0.325 e. The zero-order valence-electron chi connectivity index (χ0n) is 13.0. The number of pyridine rings is 1. The monoisotopic (exact) mass is 278 g/mol. The zero-order valence-corrected chi connectivity index (χ0v) is 13.0. The second kappa shape index (κ2) is 5.36. The maximum Gasteiger partial charge on any atom is 0.140 e. The third-order valence-electron chi connectivity index (χ3n) is 3.64. The van der Waals surface area contributed by atoms with Gasteiger partial charge >= 0.3 is 0 Å². The van der Waals surface area contributed by atoms with Gasteiger partial charge in [-0.2, -0.15) is 0 Å². The van der Waals surface area contributed by atoms with E-state index in [-0.39, 0.29) is 5.41 Å². The molecule has 1 aromatic carbocycles. The van der Waals surface area contributed by atoms with Crippen LogP contribution in [-0.2, 0) is 13.0 Å². The fraction of sp³-hybridized carbons (Fsp3) is 0.316. The number of aromatic nitrogens is 2. The summed E-state index contributed by atoms with van der Waals surface area (Å²) in [4.78, 5) is 4.59. The van der Waals surface area contributed by atoms with Crippen LogP contribution in [0.1, 0.15) is 32.0 Å². The number of nitrogens with zero attached hydrogens (tertiary/aromatic N) is 2. The van der Waals surface area contributed by atoms with Gasteiger partial charge in [0.05, 0.1) is 0 Å². The molecule has 2 aromatic heterocycles. The Morgan fingerprint density at radius 3 is 2.48 bits per heavy atom. The van der Waals surface area contributed by atoms with Crippen molar-refractivity contribution in [2.75, 3.05) is 0 Å². The lowest BCUT2D eigenvalue weighted by molar-refractivity contribution is 0.400. The van der Waals surface area contributed by atoms with Crippen molar-refractivity contribution in [1.82, 2.24) is 9.55 Å². The molecule has 0 aliphatic carbocycles.